The van der Waals surface area contributed by atoms with Crippen LogP contribution >= 0.6 is 0 Å². The maximum Gasteiger partial charge on any atom is 0.261 e. The second kappa shape index (κ2) is 10.8. The van der Waals surface area contributed by atoms with E-state index in [1.807, 2.05) is 6.92 Å². The Hall–Kier alpha value is -4.17. The van der Waals surface area contributed by atoms with Gasteiger partial charge in [-0.25, -0.2) is 0 Å². The van der Waals surface area contributed by atoms with Crippen LogP contribution in [0.2, 0.25) is 0 Å². The zero-order valence-electron chi connectivity index (χ0n) is 20.6. The molecule has 5 rings (SSSR count). The van der Waals surface area contributed by atoms with Crippen LogP contribution in [0.1, 0.15) is 57.3 Å². The van der Waals surface area contributed by atoms with Gasteiger partial charge in [-0.2, -0.15) is 0 Å². The number of amides is 3. The molecule has 1 N–H and O–H groups in total. The molecule has 0 aliphatic carbocycles. The van der Waals surface area contributed by atoms with Gasteiger partial charge in [0.05, 0.1) is 30.4 Å². The van der Waals surface area contributed by atoms with Crippen LogP contribution in [0.3, 0.4) is 0 Å². The third-order valence-electron chi connectivity index (χ3n) is 6.27. The van der Waals surface area contributed by atoms with E-state index in [4.69, 9.17) is 14.2 Å². The normalized spacial score (nSPS) is 16.6. The number of carbonyl (C=O) groups excluding carboxylic acids is 3. The molecule has 1 fully saturated rings. The van der Waals surface area contributed by atoms with Crippen molar-refractivity contribution in [2.75, 3.05) is 25.1 Å². The highest BCUT2D eigenvalue weighted by molar-refractivity contribution is 6.21. The number of hydrogen-bond acceptors (Lipinski definition) is 6. The van der Waals surface area contributed by atoms with E-state index in [0.29, 0.717) is 47.1 Å². The van der Waals surface area contributed by atoms with Crippen molar-refractivity contribution in [1.82, 2.24) is 4.90 Å². The molecule has 8 heteroatoms. The summed E-state index contributed by atoms with van der Waals surface area (Å²) in [6.07, 6.45) is 2.58. The highest BCUT2D eigenvalue weighted by Crippen LogP contribution is 2.31. The lowest BCUT2D eigenvalue weighted by molar-refractivity contribution is 0.0475. The van der Waals surface area contributed by atoms with Crippen LogP contribution < -0.4 is 14.8 Å². The summed E-state index contributed by atoms with van der Waals surface area (Å²) in [6, 6.07) is 18.8. The van der Waals surface area contributed by atoms with Gasteiger partial charge in [0.15, 0.2) is 0 Å². The fraction of sp³-hybridized carbons (Fsp3) is 0.276. The number of ether oxygens (including phenoxy) is 3. The van der Waals surface area contributed by atoms with Gasteiger partial charge in [0.1, 0.15) is 17.2 Å². The third kappa shape index (κ3) is 5.49. The summed E-state index contributed by atoms with van der Waals surface area (Å²) < 4.78 is 17.1. The minimum Gasteiger partial charge on any atom is -0.494 e. The van der Waals surface area contributed by atoms with Gasteiger partial charge < -0.3 is 19.5 Å². The summed E-state index contributed by atoms with van der Waals surface area (Å²) in [5.74, 6) is 0.717. The molecule has 37 heavy (non-hydrogen) atoms. The van der Waals surface area contributed by atoms with Gasteiger partial charge in [0.2, 0.25) is 0 Å². The van der Waals surface area contributed by atoms with Crippen molar-refractivity contribution in [2.24, 2.45) is 0 Å². The summed E-state index contributed by atoms with van der Waals surface area (Å²) >= 11 is 0. The van der Waals surface area contributed by atoms with Crippen molar-refractivity contribution in [3.8, 4) is 17.2 Å². The fourth-order valence-corrected chi connectivity index (χ4v) is 4.39. The number of imide groups is 1. The van der Waals surface area contributed by atoms with Crippen LogP contribution in [-0.2, 0) is 4.74 Å². The van der Waals surface area contributed by atoms with Gasteiger partial charge in [-0.05, 0) is 73.9 Å². The first-order chi connectivity index (χ1) is 18.0. The Morgan fingerprint density at radius 3 is 2.49 bits per heavy atom. The molecule has 8 nitrogen and oxygen atoms in total. The molecule has 3 aromatic rings. The van der Waals surface area contributed by atoms with Gasteiger partial charge in [0.25, 0.3) is 17.7 Å². The zero-order valence-corrected chi connectivity index (χ0v) is 20.6. The lowest BCUT2D eigenvalue weighted by Crippen LogP contribution is -2.36. The predicted octanol–water partition coefficient (Wildman–Crippen LogP) is 5.30. The molecule has 0 spiro atoms. The topological polar surface area (TPSA) is 94.2 Å². The Balaban J connectivity index is 1.24. The average molecular weight is 501 g/mol. The monoisotopic (exact) mass is 500 g/mol. The van der Waals surface area contributed by atoms with E-state index in [2.05, 4.69) is 5.32 Å². The quantitative estimate of drug-likeness (QED) is 0.401. The molecular weight excluding hydrogens is 472 g/mol. The lowest BCUT2D eigenvalue weighted by atomic mass is 10.1. The van der Waals surface area contributed by atoms with Crippen molar-refractivity contribution in [3.63, 3.8) is 0 Å². The Labute approximate surface area is 215 Å². The molecule has 1 saturated heterocycles. The lowest BCUT2D eigenvalue weighted by Gasteiger charge is -2.17. The first-order valence-electron chi connectivity index (χ1n) is 12.5. The number of rotatable bonds is 9. The molecule has 0 radical (unpaired) electrons. The molecule has 2 heterocycles. The van der Waals surface area contributed by atoms with E-state index in [-0.39, 0.29) is 30.4 Å². The molecular formula is C29H28N2O6. The summed E-state index contributed by atoms with van der Waals surface area (Å²) in [4.78, 5) is 39.6. The molecule has 2 aliphatic rings. The Morgan fingerprint density at radius 1 is 0.973 bits per heavy atom. The molecule has 1 atom stereocenters. The second-order valence-corrected chi connectivity index (χ2v) is 9.02. The number of nitrogens with one attached hydrogen (secondary N) is 1. The van der Waals surface area contributed by atoms with Crippen LogP contribution in [0.5, 0.6) is 17.2 Å². The van der Waals surface area contributed by atoms with E-state index in [1.165, 1.54) is 4.90 Å². The molecule has 0 saturated carbocycles. The Kier molecular flexibility index (Phi) is 7.18. The second-order valence-electron chi connectivity index (χ2n) is 9.02. The number of fused-ring (bicyclic) bond motifs is 1. The van der Waals surface area contributed by atoms with Gasteiger partial charge >= 0.3 is 0 Å². The summed E-state index contributed by atoms with van der Waals surface area (Å²) in [5.41, 5.74) is 1.74. The van der Waals surface area contributed by atoms with Crippen LogP contribution in [0, 0.1) is 0 Å². The van der Waals surface area contributed by atoms with E-state index >= 15 is 0 Å². The highest BCUT2D eigenvalue weighted by Gasteiger charge is 2.37. The molecule has 1 unspecified atom stereocenters. The minimum absolute atomic E-state index is 0.108. The Morgan fingerprint density at radius 2 is 1.73 bits per heavy atom. The molecule has 0 bridgehead atoms. The number of nitrogens with zero attached hydrogens (tertiary/aromatic N) is 1. The van der Waals surface area contributed by atoms with Gasteiger partial charge in [-0.1, -0.05) is 13.0 Å². The predicted molar refractivity (Wildman–Crippen MR) is 137 cm³/mol. The van der Waals surface area contributed by atoms with Crippen molar-refractivity contribution in [1.29, 1.82) is 0 Å². The number of carbonyl (C=O) groups is 3. The number of benzene rings is 3. The van der Waals surface area contributed by atoms with Crippen LogP contribution in [-0.4, -0.2) is 48.5 Å². The van der Waals surface area contributed by atoms with Gasteiger partial charge in [-0.3, -0.25) is 19.3 Å². The molecule has 3 aromatic carbocycles. The van der Waals surface area contributed by atoms with Gasteiger partial charge in [-0.15, -0.1) is 0 Å². The van der Waals surface area contributed by atoms with Crippen molar-refractivity contribution >= 4 is 23.4 Å². The van der Waals surface area contributed by atoms with E-state index in [0.717, 1.165) is 25.0 Å². The van der Waals surface area contributed by atoms with E-state index in [1.54, 1.807) is 66.7 Å². The van der Waals surface area contributed by atoms with Crippen molar-refractivity contribution in [2.45, 2.75) is 32.3 Å². The van der Waals surface area contributed by atoms with E-state index in [9.17, 15) is 14.4 Å². The fourth-order valence-electron chi connectivity index (χ4n) is 4.39. The van der Waals surface area contributed by atoms with Gasteiger partial charge in [0, 0.05) is 23.9 Å². The maximum atomic E-state index is 12.9. The summed E-state index contributed by atoms with van der Waals surface area (Å²) in [6.45, 7) is 3.58. The molecule has 3 amide bonds. The Bertz CT molecular complexity index is 1310. The standard InChI is InChI=1S/C29H28N2O6/c1-2-14-35-21-10-8-19(9-11-21)27(32)30-20-5-3-6-22(16-20)37-23-12-13-25-26(17-23)29(34)31(28(25)33)18-24-7-4-15-36-24/h3,5-6,8-13,16-17,24H,2,4,7,14-15,18H2,1H3,(H,30,32). The minimum atomic E-state index is -0.340. The SMILES string of the molecule is CCCOc1ccc(C(=O)Nc2cccc(Oc3ccc4c(c3)C(=O)N(CC3CCCO3)C4=O)c2)cc1. The first-order valence-corrected chi connectivity index (χ1v) is 12.5. The largest absolute Gasteiger partial charge is 0.494 e. The number of anilines is 1. The number of hydrogen-bond donors (Lipinski definition) is 1. The third-order valence-corrected chi connectivity index (χ3v) is 6.27. The van der Waals surface area contributed by atoms with Crippen molar-refractivity contribution in [3.05, 3.63) is 83.4 Å². The first kappa shape index (κ1) is 24.5. The summed E-state index contributed by atoms with van der Waals surface area (Å²) in [7, 11) is 0. The zero-order chi connectivity index (χ0) is 25.8. The van der Waals surface area contributed by atoms with E-state index < -0.39 is 0 Å². The summed E-state index contributed by atoms with van der Waals surface area (Å²) in [5, 5.41) is 2.86. The van der Waals surface area contributed by atoms with Crippen LogP contribution in [0.15, 0.2) is 66.7 Å². The van der Waals surface area contributed by atoms with Crippen LogP contribution in [0.4, 0.5) is 5.69 Å². The molecule has 2 aliphatic heterocycles. The molecule has 190 valence electrons. The smallest absolute Gasteiger partial charge is 0.261 e. The molecule has 0 aromatic heterocycles. The highest BCUT2D eigenvalue weighted by atomic mass is 16.5. The average Bonchev–Trinajstić information content (AvgIpc) is 3.51. The van der Waals surface area contributed by atoms with Crippen molar-refractivity contribution < 1.29 is 28.6 Å². The van der Waals surface area contributed by atoms with Crippen LogP contribution in [0.25, 0.3) is 0 Å². The maximum absolute atomic E-state index is 12.9.